The molecule has 0 aliphatic carbocycles. The van der Waals surface area contributed by atoms with Crippen molar-refractivity contribution < 1.29 is 9.53 Å². The molecule has 0 aromatic carbocycles. The number of nitrogens with two attached hydrogens (primary N) is 1. The zero-order valence-electron chi connectivity index (χ0n) is 9.09. The summed E-state index contributed by atoms with van der Waals surface area (Å²) in [7, 11) is 0. The minimum Gasteiger partial charge on any atom is -0.465 e. The van der Waals surface area contributed by atoms with Crippen molar-refractivity contribution in [1.29, 1.82) is 0 Å². The molecule has 0 amide bonds. The van der Waals surface area contributed by atoms with Crippen LogP contribution in [0.1, 0.15) is 40.5 Å². The summed E-state index contributed by atoms with van der Waals surface area (Å²) in [5.74, 6) is -0.285. The Labute approximate surface area is 80.6 Å². The highest BCUT2D eigenvalue weighted by molar-refractivity contribution is 5.75. The second-order valence-electron chi connectivity index (χ2n) is 4.49. The van der Waals surface area contributed by atoms with Crippen LogP contribution >= 0.6 is 0 Å². The van der Waals surface area contributed by atoms with Gasteiger partial charge in [0, 0.05) is 0 Å². The van der Waals surface area contributed by atoms with E-state index in [9.17, 15) is 4.79 Å². The third-order valence-corrected chi connectivity index (χ3v) is 1.84. The lowest BCUT2D eigenvalue weighted by atomic mass is 9.93. The molecule has 1 atom stereocenters. The summed E-state index contributed by atoms with van der Waals surface area (Å²) in [6, 6.07) is -0.458. The fraction of sp³-hybridized carbons (Fsp3) is 0.900. The van der Waals surface area contributed by atoms with E-state index in [0.29, 0.717) is 13.0 Å². The van der Waals surface area contributed by atoms with Crippen LogP contribution in [0.25, 0.3) is 0 Å². The molecule has 0 saturated carbocycles. The Morgan fingerprint density at radius 3 is 2.38 bits per heavy atom. The molecule has 0 aromatic heterocycles. The van der Waals surface area contributed by atoms with Crippen LogP contribution in [0.5, 0.6) is 0 Å². The number of rotatable bonds is 4. The van der Waals surface area contributed by atoms with E-state index in [-0.39, 0.29) is 11.4 Å². The zero-order chi connectivity index (χ0) is 10.5. The van der Waals surface area contributed by atoms with Crippen LogP contribution in [0.15, 0.2) is 0 Å². The molecule has 0 aliphatic heterocycles. The molecule has 0 aromatic rings. The molecular weight excluding hydrogens is 166 g/mol. The molecule has 0 rings (SSSR count). The summed E-state index contributed by atoms with van der Waals surface area (Å²) < 4.78 is 5.01. The number of carbonyl (C=O) groups excluding carboxylic acids is 1. The van der Waals surface area contributed by atoms with Gasteiger partial charge in [0.15, 0.2) is 0 Å². The Bertz CT molecular complexity index is 161. The summed E-state index contributed by atoms with van der Waals surface area (Å²) in [5.41, 5.74) is 5.70. The molecule has 0 heterocycles. The molecule has 0 aliphatic rings. The molecule has 0 saturated heterocycles. The topological polar surface area (TPSA) is 52.3 Å². The van der Waals surface area contributed by atoms with Crippen molar-refractivity contribution in [1.82, 2.24) is 0 Å². The highest BCUT2D eigenvalue weighted by Gasteiger charge is 2.15. The Kier molecular flexibility index (Phi) is 4.99. The molecule has 78 valence electrons. The maximum Gasteiger partial charge on any atom is 0.322 e. The quantitative estimate of drug-likeness (QED) is 0.681. The highest BCUT2D eigenvalue weighted by atomic mass is 16.5. The molecular formula is C10H21NO2. The summed E-state index contributed by atoms with van der Waals surface area (Å²) in [6.45, 7) is 8.67. The molecule has 2 N–H and O–H groups in total. The maximum absolute atomic E-state index is 11.1. The van der Waals surface area contributed by atoms with Crippen LogP contribution in [0.3, 0.4) is 0 Å². The molecule has 0 fully saturated rings. The van der Waals surface area contributed by atoms with Crippen LogP contribution in [0, 0.1) is 5.41 Å². The number of esters is 1. The van der Waals surface area contributed by atoms with E-state index in [2.05, 4.69) is 20.8 Å². The molecule has 0 unspecified atom stereocenters. The highest BCUT2D eigenvalue weighted by Crippen LogP contribution is 2.17. The lowest BCUT2D eigenvalue weighted by Crippen LogP contribution is -2.32. The van der Waals surface area contributed by atoms with Gasteiger partial charge < -0.3 is 10.5 Å². The van der Waals surface area contributed by atoms with E-state index < -0.39 is 6.04 Å². The summed E-state index contributed by atoms with van der Waals surface area (Å²) in [6.07, 6.45) is 1.50. The average Bonchev–Trinajstić information content (AvgIpc) is 2.00. The van der Waals surface area contributed by atoms with Gasteiger partial charge in [-0.15, -0.1) is 0 Å². The first-order valence-corrected chi connectivity index (χ1v) is 4.79. The van der Waals surface area contributed by atoms with Crippen molar-refractivity contribution in [3.63, 3.8) is 0 Å². The van der Waals surface area contributed by atoms with Crippen molar-refractivity contribution in [3.8, 4) is 0 Å². The summed E-state index contributed by atoms with van der Waals surface area (Å²) in [4.78, 5) is 11.1. The Hall–Kier alpha value is -0.570. The van der Waals surface area contributed by atoms with Crippen molar-refractivity contribution >= 4 is 5.97 Å². The van der Waals surface area contributed by atoms with Crippen molar-refractivity contribution in [2.75, 3.05) is 6.61 Å². The van der Waals surface area contributed by atoms with E-state index in [1.165, 1.54) is 0 Å². The SMILES string of the molecule is CC[C@@H](N)C(=O)OCCC(C)(C)C. The zero-order valence-corrected chi connectivity index (χ0v) is 9.09. The van der Waals surface area contributed by atoms with Gasteiger partial charge in [-0.1, -0.05) is 27.7 Å². The predicted molar refractivity (Wildman–Crippen MR) is 53.3 cm³/mol. The van der Waals surface area contributed by atoms with Gasteiger partial charge in [0.1, 0.15) is 6.04 Å². The van der Waals surface area contributed by atoms with E-state index in [1.807, 2.05) is 6.92 Å². The molecule has 0 bridgehead atoms. The molecule has 3 heteroatoms. The monoisotopic (exact) mass is 187 g/mol. The van der Waals surface area contributed by atoms with Gasteiger partial charge in [0.05, 0.1) is 6.61 Å². The van der Waals surface area contributed by atoms with Crippen LogP contribution in [0.4, 0.5) is 0 Å². The van der Waals surface area contributed by atoms with E-state index in [1.54, 1.807) is 0 Å². The second-order valence-corrected chi connectivity index (χ2v) is 4.49. The van der Waals surface area contributed by atoms with E-state index in [4.69, 9.17) is 10.5 Å². The van der Waals surface area contributed by atoms with Gasteiger partial charge in [-0.25, -0.2) is 0 Å². The van der Waals surface area contributed by atoms with Crippen LogP contribution in [-0.2, 0) is 9.53 Å². The lowest BCUT2D eigenvalue weighted by Gasteiger charge is -2.18. The van der Waals surface area contributed by atoms with Crippen molar-refractivity contribution in [3.05, 3.63) is 0 Å². The number of carbonyl (C=O) groups is 1. The van der Waals surface area contributed by atoms with Crippen LogP contribution in [0.2, 0.25) is 0 Å². The summed E-state index contributed by atoms with van der Waals surface area (Å²) in [5, 5.41) is 0. The Morgan fingerprint density at radius 2 is 2.00 bits per heavy atom. The van der Waals surface area contributed by atoms with Crippen LogP contribution < -0.4 is 5.73 Å². The molecule has 0 spiro atoms. The van der Waals surface area contributed by atoms with E-state index in [0.717, 1.165) is 6.42 Å². The lowest BCUT2D eigenvalue weighted by molar-refractivity contribution is -0.145. The van der Waals surface area contributed by atoms with Crippen molar-refractivity contribution in [2.45, 2.75) is 46.6 Å². The fourth-order valence-corrected chi connectivity index (χ4v) is 0.732. The summed E-state index contributed by atoms with van der Waals surface area (Å²) >= 11 is 0. The third-order valence-electron chi connectivity index (χ3n) is 1.84. The first-order chi connectivity index (χ1) is 5.87. The van der Waals surface area contributed by atoms with Gasteiger partial charge in [-0.05, 0) is 18.3 Å². The normalized spacial score (nSPS) is 13.9. The van der Waals surface area contributed by atoms with Gasteiger partial charge in [0.25, 0.3) is 0 Å². The minimum atomic E-state index is -0.458. The largest absolute Gasteiger partial charge is 0.465 e. The van der Waals surface area contributed by atoms with Gasteiger partial charge in [0.2, 0.25) is 0 Å². The minimum absolute atomic E-state index is 0.205. The molecule has 0 radical (unpaired) electrons. The second kappa shape index (κ2) is 5.22. The fourth-order valence-electron chi connectivity index (χ4n) is 0.732. The Morgan fingerprint density at radius 1 is 1.46 bits per heavy atom. The van der Waals surface area contributed by atoms with Gasteiger partial charge in [-0.2, -0.15) is 0 Å². The standard InChI is InChI=1S/C10H21NO2/c1-5-8(11)9(12)13-7-6-10(2,3)4/h8H,5-7,11H2,1-4H3/t8-/m1/s1. The first-order valence-electron chi connectivity index (χ1n) is 4.79. The Balaban J connectivity index is 3.60. The number of ether oxygens (including phenoxy) is 1. The smallest absolute Gasteiger partial charge is 0.322 e. The van der Waals surface area contributed by atoms with E-state index >= 15 is 0 Å². The first kappa shape index (κ1) is 12.4. The maximum atomic E-state index is 11.1. The third kappa shape index (κ3) is 6.58. The average molecular weight is 187 g/mol. The molecule has 13 heavy (non-hydrogen) atoms. The predicted octanol–water partition coefficient (Wildman–Crippen LogP) is 1.70. The molecule has 3 nitrogen and oxygen atoms in total. The number of hydrogen-bond donors (Lipinski definition) is 1. The van der Waals surface area contributed by atoms with Gasteiger partial charge >= 0.3 is 5.97 Å². The van der Waals surface area contributed by atoms with Crippen molar-refractivity contribution in [2.24, 2.45) is 11.1 Å². The number of hydrogen-bond acceptors (Lipinski definition) is 3. The van der Waals surface area contributed by atoms with Crippen LogP contribution in [-0.4, -0.2) is 18.6 Å². The van der Waals surface area contributed by atoms with Gasteiger partial charge in [-0.3, -0.25) is 4.79 Å².